The first-order valence-electron chi connectivity index (χ1n) is 9.19. The number of nitrogens with two attached hydrogens (primary N) is 2. The van der Waals surface area contributed by atoms with Crippen LogP contribution in [0.5, 0.6) is 0 Å². The lowest BCUT2D eigenvalue weighted by molar-refractivity contribution is -0.247. The van der Waals surface area contributed by atoms with Gasteiger partial charge in [-0.2, -0.15) is 5.06 Å². The van der Waals surface area contributed by atoms with Crippen LogP contribution < -0.4 is 11.5 Å². The third-order valence-electron chi connectivity index (χ3n) is 5.14. The Morgan fingerprint density at radius 3 is 1.95 bits per heavy atom. The highest BCUT2D eigenvalue weighted by Gasteiger charge is 2.38. The lowest BCUT2D eigenvalue weighted by Gasteiger charge is -2.45. The van der Waals surface area contributed by atoms with Crippen molar-refractivity contribution in [1.82, 2.24) is 5.06 Å². The largest absolute Gasteiger partial charge is 0.325 e. The fraction of sp³-hybridized carbons (Fsp3) is 1.00. The highest BCUT2D eigenvalue weighted by atomic mass is 16.7. The van der Waals surface area contributed by atoms with Crippen molar-refractivity contribution < 1.29 is 4.84 Å². The molecular formula is C18H41N3O. The summed E-state index contributed by atoms with van der Waals surface area (Å²) in [4.78, 5) is 5.94. The molecule has 4 N–H and O–H groups in total. The molecular weight excluding hydrogens is 274 g/mol. The minimum absolute atomic E-state index is 0.0731. The quantitative estimate of drug-likeness (QED) is 0.421. The normalized spacial score (nSPS) is 16.1. The molecule has 2 unspecified atom stereocenters. The molecule has 2 atom stereocenters. The summed E-state index contributed by atoms with van der Waals surface area (Å²) in [5, 5.41) is 2.05. The van der Waals surface area contributed by atoms with Crippen LogP contribution in [0.15, 0.2) is 0 Å². The molecule has 0 radical (unpaired) electrons. The summed E-state index contributed by atoms with van der Waals surface area (Å²) < 4.78 is 0. The molecule has 0 aliphatic rings. The van der Waals surface area contributed by atoms with E-state index < -0.39 is 0 Å². The van der Waals surface area contributed by atoms with E-state index in [2.05, 4.69) is 46.6 Å². The van der Waals surface area contributed by atoms with Crippen LogP contribution in [0.1, 0.15) is 87.0 Å². The van der Waals surface area contributed by atoms with Crippen molar-refractivity contribution >= 4 is 0 Å². The van der Waals surface area contributed by atoms with Gasteiger partial charge in [-0.25, -0.2) is 0 Å². The lowest BCUT2D eigenvalue weighted by Crippen LogP contribution is -2.53. The van der Waals surface area contributed by atoms with Gasteiger partial charge in [-0.05, 0) is 51.9 Å². The van der Waals surface area contributed by atoms with E-state index in [1.807, 2.05) is 6.92 Å². The molecule has 4 heteroatoms. The molecule has 0 aliphatic carbocycles. The summed E-state index contributed by atoms with van der Waals surface area (Å²) in [7, 11) is 0. The topological polar surface area (TPSA) is 64.5 Å². The summed E-state index contributed by atoms with van der Waals surface area (Å²) in [6.45, 7) is 16.1. The maximum absolute atomic E-state index is 6.72. The Labute approximate surface area is 138 Å². The van der Waals surface area contributed by atoms with Crippen molar-refractivity contribution in [3.8, 4) is 0 Å². The molecule has 0 aliphatic heterocycles. The Balaban J connectivity index is 5.13. The summed E-state index contributed by atoms with van der Waals surface area (Å²) in [6.07, 6.45) is 5.99. The van der Waals surface area contributed by atoms with Gasteiger partial charge in [0.1, 0.15) is 6.23 Å². The smallest absolute Gasteiger partial charge is 0.127 e. The lowest BCUT2D eigenvalue weighted by atomic mass is 9.72. The van der Waals surface area contributed by atoms with Crippen LogP contribution in [-0.4, -0.2) is 28.9 Å². The van der Waals surface area contributed by atoms with Crippen LogP contribution in [0.25, 0.3) is 0 Å². The Hall–Kier alpha value is -0.160. The molecule has 0 aromatic rings. The molecule has 0 saturated carbocycles. The fourth-order valence-corrected chi connectivity index (χ4v) is 3.36. The molecule has 0 spiro atoms. The van der Waals surface area contributed by atoms with Crippen molar-refractivity contribution in [2.24, 2.45) is 17.4 Å². The molecule has 134 valence electrons. The van der Waals surface area contributed by atoms with E-state index in [0.29, 0.717) is 5.92 Å². The SMILES string of the molecule is CCCC(CC(C)(C)N(CC)OC(N)CC)C(N)(CC)CC. The van der Waals surface area contributed by atoms with Gasteiger partial charge < -0.3 is 11.5 Å². The van der Waals surface area contributed by atoms with Crippen LogP contribution in [0.4, 0.5) is 0 Å². The summed E-state index contributed by atoms with van der Waals surface area (Å²) in [5.41, 5.74) is 12.5. The fourth-order valence-electron chi connectivity index (χ4n) is 3.36. The highest BCUT2D eigenvalue weighted by molar-refractivity contribution is 4.93. The molecule has 0 heterocycles. The van der Waals surface area contributed by atoms with Gasteiger partial charge in [-0.15, -0.1) is 0 Å². The molecule has 22 heavy (non-hydrogen) atoms. The van der Waals surface area contributed by atoms with Gasteiger partial charge >= 0.3 is 0 Å². The second kappa shape index (κ2) is 9.86. The van der Waals surface area contributed by atoms with E-state index in [-0.39, 0.29) is 17.3 Å². The molecule has 0 aromatic heterocycles. The van der Waals surface area contributed by atoms with E-state index in [1.54, 1.807) is 0 Å². The van der Waals surface area contributed by atoms with Crippen molar-refractivity contribution in [3.63, 3.8) is 0 Å². The maximum atomic E-state index is 6.72. The Bertz CT molecular complexity index is 290. The third-order valence-corrected chi connectivity index (χ3v) is 5.14. The van der Waals surface area contributed by atoms with Crippen LogP contribution >= 0.6 is 0 Å². The minimum atomic E-state index is -0.233. The first-order chi connectivity index (χ1) is 10.2. The van der Waals surface area contributed by atoms with Gasteiger partial charge in [0, 0.05) is 17.6 Å². The van der Waals surface area contributed by atoms with Crippen LogP contribution in [0.2, 0.25) is 0 Å². The number of nitrogens with zero attached hydrogens (tertiary/aromatic N) is 1. The van der Waals surface area contributed by atoms with Gasteiger partial charge in [-0.3, -0.25) is 4.84 Å². The maximum Gasteiger partial charge on any atom is 0.127 e. The number of hydroxylamine groups is 2. The van der Waals surface area contributed by atoms with Gasteiger partial charge in [0.15, 0.2) is 0 Å². The average molecular weight is 316 g/mol. The second-order valence-corrected chi connectivity index (χ2v) is 7.19. The monoisotopic (exact) mass is 315 g/mol. The Morgan fingerprint density at radius 2 is 1.59 bits per heavy atom. The predicted octanol–water partition coefficient (Wildman–Crippen LogP) is 4.04. The zero-order valence-electron chi connectivity index (χ0n) is 16.1. The number of hydrogen-bond acceptors (Lipinski definition) is 4. The number of hydrogen-bond donors (Lipinski definition) is 2. The third kappa shape index (κ3) is 6.15. The summed E-state index contributed by atoms with van der Waals surface area (Å²) in [6, 6.07) is 0. The molecule has 0 bridgehead atoms. The van der Waals surface area contributed by atoms with E-state index in [9.17, 15) is 0 Å². The summed E-state index contributed by atoms with van der Waals surface area (Å²) >= 11 is 0. The zero-order valence-corrected chi connectivity index (χ0v) is 16.1. The minimum Gasteiger partial charge on any atom is -0.325 e. The first-order valence-corrected chi connectivity index (χ1v) is 9.19. The van der Waals surface area contributed by atoms with Crippen LogP contribution in [0.3, 0.4) is 0 Å². The first kappa shape index (κ1) is 21.8. The molecule has 4 nitrogen and oxygen atoms in total. The Kier molecular flexibility index (Phi) is 9.79. The number of rotatable bonds is 12. The van der Waals surface area contributed by atoms with Crippen LogP contribution in [-0.2, 0) is 4.84 Å². The van der Waals surface area contributed by atoms with Crippen molar-refractivity contribution in [3.05, 3.63) is 0 Å². The van der Waals surface area contributed by atoms with Crippen molar-refractivity contribution in [2.75, 3.05) is 6.54 Å². The predicted molar refractivity (Wildman–Crippen MR) is 96.3 cm³/mol. The van der Waals surface area contributed by atoms with E-state index >= 15 is 0 Å². The van der Waals surface area contributed by atoms with Gasteiger partial charge in [0.05, 0.1) is 0 Å². The van der Waals surface area contributed by atoms with Crippen molar-refractivity contribution in [2.45, 2.75) is 104 Å². The molecule has 0 rings (SSSR count). The van der Waals surface area contributed by atoms with Crippen molar-refractivity contribution in [1.29, 1.82) is 0 Å². The molecule has 0 aromatic carbocycles. The van der Waals surface area contributed by atoms with Gasteiger partial charge in [-0.1, -0.05) is 41.0 Å². The molecule has 0 saturated heterocycles. The van der Waals surface area contributed by atoms with Gasteiger partial charge in [0.25, 0.3) is 0 Å². The second-order valence-electron chi connectivity index (χ2n) is 7.19. The van der Waals surface area contributed by atoms with Crippen LogP contribution in [0, 0.1) is 5.92 Å². The van der Waals surface area contributed by atoms with E-state index in [1.165, 1.54) is 12.8 Å². The summed E-state index contributed by atoms with van der Waals surface area (Å²) in [5.74, 6) is 0.498. The van der Waals surface area contributed by atoms with E-state index in [0.717, 1.165) is 32.2 Å². The highest BCUT2D eigenvalue weighted by Crippen LogP contribution is 2.35. The molecule has 0 fully saturated rings. The zero-order chi connectivity index (χ0) is 17.4. The van der Waals surface area contributed by atoms with E-state index in [4.69, 9.17) is 16.3 Å². The Morgan fingerprint density at radius 1 is 1.05 bits per heavy atom. The average Bonchev–Trinajstić information content (AvgIpc) is 2.50. The standard InChI is InChI=1S/C18H41N3O/c1-8-13-15(18(20,10-3)11-4)14-17(6,7)21(12-5)22-16(19)9-2/h15-16H,8-14,19-20H2,1-7H3. The molecule has 0 amide bonds. The van der Waals surface area contributed by atoms with Gasteiger partial charge in [0.2, 0.25) is 0 Å².